The lowest BCUT2D eigenvalue weighted by Crippen LogP contribution is -2.18. The first-order valence-corrected chi connectivity index (χ1v) is 9.81. The molecular formula is C17H15ClFN3O3S. The number of hydrogen-bond acceptors (Lipinski definition) is 4. The zero-order chi connectivity index (χ0) is 18.9. The predicted octanol–water partition coefficient (Wildman–Crippen LogP) is 3.74. The van der Waals surface area contributed by atoms with Crippen molar-refractivity contribution >= 4 is 44.1 Å². The van der Waals surface area contributed by atoms with Gasteiger partial charge in [0.15, 0.2) is 11.6 Å². The fourth-order valence-electron chi connectivity index (χ4n) is 2.58. The number of ketones is 1. The molecule has 3 rings (SSSR count). The zero-order valence-corrected chi connectivity index (χ0v) is 15.3. The first-order chi connectivity index (χ1) is 12.3. The Bertz CT molecular complexity index is 1100. The van der Waals surface area contributed by atoms with Crippen LogP contribution in [-0.2, 0) is 10.0 Å². The molecule has 0 aliphatic rings. The monoisotopic (exact) mass is 395 g/mol. The summed E-state index contributed by atoms with van der Waals surface area (Å²) in [5.74, 6) is -1.67. The van der Waals surface area contributed by atoms with Crippen LogP contribution in [0, 0.1) is 5.82 Å². The highest BCUT2D eigenvalue weighted by Crippen LogP contribution is 2.26. The number of aromatic amines is 1. The van der Waals surface area contributed by atoms with Gasteiger partial charge in [0, 0.05) is 23.3 Å². The van der Waals surface area contributed by atoms with Crippen molar-refractivity contribution in [3.63, 3.8) is 0 Å². The van der Waals surface area contributed by atoms with E-state index >= 15 is 0 Å². The number of carbonyl (C=O) groups excluding carboxylic acids is 1. The average Bonchev–Trinajstić information content (AvgIpc) is 2.99. The molecule has 3 aromatic rings. The van der Waals surface area contributed by atoms with Gasteiger partial charge in [0.2, 0.25) is 10.0 Å². The summed E-state index contributed by atoms with van der Waals surface area (Å²) in [5.41, 5.74) is 0.128. The molecule has 0 saturated carbocycles. The molecular weight excluding hydrogens is 381 g/mol. The lowest BCUT2D eigenvalue weighted by molar-refractivity contribution is 0.103. The van der Waals surface area contributed by atoms with Gasteiger partial charge in [-0.3, -0.25) is 9.52 Å². The number of H-pyrrole nitrogens is 1. The summed E-state index contributed by atoms with van der Waals surface area (Å²) < 4.78 is 40.7. The highest BCUT2D eigenvalue weighted by atomic mass is 35.5. The predicted molar refractivity (Wildman–Crippen MR) is 98.6 cm³/mol. The number of carbonyl (C=O) groups is 1. The molecule has 2 aromatic heterocycles. The summed E-state index contributed by atoms with van der Waals surface area (Å²) in [6.07, 6.45) is 3.24. The van der Waals surface area contributed by atoms with Crippen LogP contribution in [0.4, 0.5) is 10.1 Å². The van der Waals surface area contributed by atoms with Crippen LogP contribution >= 0.6 is 11.6 Å². The van der Waals surface area contributed by atoms with Gasteiger partial charge in [0.25, 0.3) is 0 Å². The van der Waals surface area contributed by atoms with Gasteiger partial charge in [0.1, 0.15) is 5.65 Å². The molecule has 0 amide bonds. The Morgan fingerprint density at radius 1 is 1.35 bits per heavy atom. The van der Waals surface area contributed by atoms with Gasteiger partial charge in [-0.2, -0.15) is 0 Å². The molecule has 136 valence electrons. The first kappa shape index (κ1) is 18.3. The summed E-state index contributed by atoms with van der Waals surface area (Å²) in [7, 11) is -3.68. The minimum Gasteiger partial charge on any atom is -0.345 e. The molecule has 0 fully saturated rings. The molecule has 0 saturated heterocycles. The number of nitrogens with zero attached hydrogens (tertiary/aromatic N) is 1. The number of sulfonamides is 1. The largest absolute Gasteiger partial charge is 0.345 e. The van der Waals surface area contributed by atoms with Crippen LogP contribution in [0.3, 0.4) is 0 Å². The average molecular weight is 396 g/mol. The summed E-state index contributed by atoms with van der Waals surface area (Å²) >= 11 is 5.92. The van der Waals surface area contributed by atoms with E-state index in [2.05, 4.69) is 14.7 Å². The third-order valence-corrected chi connectivity index (χ3v) is 5.41. The molecule has 0 unspecified atom stereocenters. The van der Waals surface area contributed by atoms with Crippen molar-refractivity contribution in [1.82, 2.24) is 9.97 Å². The van der Waals surface area contributed by atoms with E-state index in [1.807, 2.05) is 0 Å². The standard InChI is InChI=1S/C17H15ClFN3O3S/c1-2-6-26(24,25)22-14-5-3-4-11(15(14)19)16(23)13-9-21-17-12(13)7-10(18)8-20-17/h3-5,7-9,22H,2,6H2,1H3,(H,20,21). The number of nitrogens with one attached hydrogen (secondary N) is 2. The van der Waals surface area contributed by atoms with Gasteiger partial charge in [0.05, 0.1) is 22.0 Å². The normalized spacial score (nSPS) is 11.7. The molecule has 0 radical (unpaired) electrons. The Labute approximate surface area is 154 Å². The second-order valence-electron chi connectivity index (χ2n) is 5.67. The fourth-order valence-corrected chi connectivity index (χ4v) is 3.87. The third-order valence-electron chi connectivity index (χ3n) is 3.72. The molecule has 0 bridgehead atoms. The quantitative estimate of drug-likeness (QED) is 0.622. The molecule has 0 atom stereocenters. The Kier molecular flexibility index (Phi) is 4.97. The topological polar surface area (TPSA) is 91.9 Å². The van der Waals surface area contributed by atoms with E-state index in [0.29, 0.717) is 22.5 Å². The Balaban J connectivity index is 2.02. The van der Waals surface area contributed by atoms with Crippen molar-refractivity contribution in [3.8, 4) is 0 Å². The van der Waals surface area contributed by atoms with Crippen molar-refractivity contribution < 1.29 is 17.6 Å². The zero-order valence-electron chi connectivity index (χ0n) is 13.7. The molecule has 1 aromatic carbocycles. The van der Waals surface area contributed by atoms with Crippen molar-refractivity contribution in [2.75, 3.05) is 10.5 Å². The summed E-state index contributed by atoms with van der Waals surface area (Å²) in [6, 6.07) is 5.54. The number of benzene rings is 1. The third kappa shape index (κ3) is 3.56. The SMILES string of the molecule is CCCS(=O)(=O)Nc1cccc(C(=O)c2c[nH]c3ncc(Cl)cc23)c1F. The van der Waals surface area contributed by atoms with Gasteiger partial charge in [-0.05, 0) is 24.6 Å². The number of anilines is 1. The number of hydrogen-bond donors (Lipinski definition) is 2. The van der Waals surface area contributed by atoms with Gasteiger partial charge >= 0.3 is 0 Å². The maximum atomic E-state index is 14.8. The lowest BCUT2D eigenvalue weighted by atomic mass is 10.0. The molecule has 2 N–H and O–H groups in total. The van der Waals surface area contributed by atoms with Crippen LogP contribution in [0.15, 0.2) is 36.7 Å². The summed E-state index contributed by atoms with van der Waals surface area (Å²) in [5, 5.41) is 0.798. The van der Waals surface area contributed by atoms with E-state index < -0.39 is 21.6 Å². The number of fused-ring (bicyclic) bond motifs is 1. The van der Waals surface area contributed by atoms with Crippen LogP contribution in [0.5, 0.6) is 0 Å². The van der Waals surface area contributed by atoms with Gasteiger partial charge in [-0.1, -0.05) is 24.6 Å². The van der Waals surface area contributed by atoms with E-state index in [9.17, 15) is 17.6 Å². The van der Waals surface area contributed by atoms with Gasteiger partial charge in [-0.25, -0.2) is 17.8 Å². The van der Waals surface area contributed by atoms with E-state index in [4.69, 9.17) is 11.6 Å². The lowest BCUT2D eigenvalue weighted by Gasteiger charge is -2.10. The van der Waals surface area contributed by atoms with Crippen LogP contribution in [0.2, 0.25) is 5.02 Å². The van der Waals surface area contributed by atoms with Crippen molar-refractivity contribution in [3.05, 3.63) is 58.6 Å². The maximum absolute atomic E-state index is 14.8. The van der Waals surface area contributed by atoms with E-state index in [0.717, 1.165) is 0 Å². The minimum absolute atomic E-state index is 0.142. The Morgan fingerprint density at radius 2 is 2.12 bits per heavy atom. The smallest absolute Gasteiger partial charge is 0.232 e. The Hall–Kier alpha value is -2.45. The van der Waals surface area contributed by atoms with E-state index in [1.54, 1.807) is 13.0 Å². The van der Waals surface area contributed by atoms with Crippen LogP contribution in [0.1, 0.15) is 29.3 Å². The van der Waals surface area contributed by atoms with Gasteiger partial charge in [-0.15, -0.1) is 0 Å². The molecule has 0 aliphatic carbocycles. The molecule has 9 heteroatoms. The second kappa shape index (κ2) is 7.05. The van der Waals surface area contributed by atoms with Crippen molar-refractivity contribution in [2.24, 2.45) is 0 Å². The molecule has 2 heterocycles. The second-order valence-corrected chi connectivity index (χ2v) is 7.95. The highest BCUT2D eigenvalue weighted by Gasteiger charge is 2.22. The number of aromatic nitrogens is 2. The highest BCUT2D eigenvalue weighted by molar-refractivity contribution is 7.92. The summed E-state index contributed by atoms with van der Waals surface area (Å²) in [4.78, 5) is 19.7. The van der Waals surface area contributed by atoms with Gasteiger partial charge < -0.3 is 4.98 Å². The first-order valence-electron chi connectivity index (χ1n) is 7.78. The van der Waals surface area contributed by atoms with E-state index in [1.165, 1.54) is 30.6 Å². The molecule has 0 aliphatic heterocycles. The number of rotatable bonds is 6. The maximum Gasteiger partial charge on any atom is 0.232 e. The number of halogens is 2. The van der Waals surface area contributed by atoms with Crippen LogP contribution in [-0.4, -0.2) is 29.9 Å². The molecule has 0 spiro atoms. The van der Waals surface area contributed by atoms with Crippen LogP contribution in [0.25, 0.3) is 11.0 Å². The van der Waals surface area contributed by atoms with Crippen molar-refractivity contribution in [2.45, 2.75) is 13.3 Å². The van der Waals surface area contributed by atoms with Crippen molar-refractivity contribution in [1.29, 1.82) is 0 Å². The molecule has 6 nitrogen and oxygen atoms in total. The van der Waals surface area contributed by atoms with E-state index in [-0.39, 0.29) is 22.6 Å². The number of pyridine rings is 1. The van der Waals surface area contributed by atoms with Crippen LogP contribution < -0.4 is 4.72 Å². The Morgan fingerprint density at radius 3 is 2.85 bits per heavy atom. The molecule has 26 heavy (non-hydrogen) atoms. The fraction of sp³-hybridized carbons (Fsp3) is 0.176. The minimum atomic E-state index is -3.68. The summed E-state index contributed by atoms with van der Waals surface area (Å²) in [6.45, 7) is 1.70.